The number of hydrogen-bond donors (Lipinski definition) is 1. The number of hydrogen-bond acceptors (Lipinski definition) is 4. The van der Waals surface area contributed by atoms with E-state index in [1.807, 2.05) is 18.5 Å². The van der Waals surface area contributed by atoms with E-state index in [-0.39, 0.29) is 17.9 Å². The van der Waals surface area contributed by atoms with Gasteiger partial charge in [0.1, 0.15) is 5.82 Å². The molecule has 1 N–H and O–H groups in total. The molecule has 5 heteroatoms. The second-order valence-corrected chi connectivity index (χ2v) is 5.05. The number of anilines is 1. The molecular formula is C14H23N3O2. The number of esters is 1. The van der Waals surface area contributed by atoms with Gasteiger partial charge in [0, 0.05) is 12.6 Å². The zero-order valence-corrected chi connectivity index (χ0v) is 12.0. The van der Waals surface area contributed by atoms with E-state index in [4.69, 9.17) is 4.74 Å². The molecule has 2 heterocycles. The molecule has 2 atom stereocenters. The van der Waals surface area contributed by atoms with Crippen LogP contribution in [-0.4, -0.2) is 28.9 Å². The minimum Gasteiger partial charge on any atom is -0.466 e. The predicted molar refractivity (Wildman–Crippen MR) is 74.2 cm³/mol. The third-order valence-corrected chi connectivity index (χ3v) is 3.63. The fraction of sp³-hybridized carbons (Fsp3) is 0.714. The summed E-state index contributed by atoms with van der Waals surface area (Å²) in [5.74, 6) is 0.712. The number of ether oxygens (including phenoxy) is 1. The van der Waals surface area contributed by atoms with Crippen molar-refractivity contribution in [3.8, 4) is 0 Å². The smallest absolute Gasteiger partial charge is 0.312 e. The van der Waals surface area contributed by atoms with Crippen LogP contribution in [0.25, 0.3) is 0 Å². The van der Waals surface area contributed by atoms with E-state index < -0.39 is 0 Å². The van der Waals surface area contributed by atoms with E-state index >= 15 is 0 Å². The van der Waals surface area contributed by atoms with Gasteiger partial charge in [0.25, 0.3) is 0 Å². The van der Waals surface area contributed by atoms with Crippen molar-refractivity contribution in [2.75, 3.05) is 18.5 Å². The van der Waals surface area contributed by atoms with Crippen LogP contribution in [0.1, 0.15) is 45.3 Å². The van der Waals surface area contributed by atoms with Crippen molar-refractivity contribution < 1.29 is 9.53 Å². The summed E-state index contributed by atoms with van der Waals surface area (Å²) in [4.78, 5) is 11.9. The van der Waals surface area contributed by atoms with Crippen LogP contribution in [-0.2, 0) is 16.0 Å². The maximum absolute atomic E-state index is 11.9. The second kappa shape index (κ2) is 6.08. The van der Waals surface area contributed by atoms with Gasteiger partial charge in [-0.1, -0.05) is 13.3 Å². The Balaban J connectivity index is 2.11. The zero-order valence-electron chi connectivity index (χ0n) is 12.0. The summed E-state index contributed by atoms with van der Waals surface area (Å²) in [6.45, 7) is 7.09. The van der Waals surface area contributed by atoms with E-state index in [9.17, 15) is 4.79 Å². The zero-order chi connectivity index (χ0) is 13.8. The normalized spacial score (nSPS) is 21.6. The van der Waals surface area contributed by atoms with Crippen LogP contribution in [0.4, 0.5) is 5.82 Å². The lowest BCUT2D eigenvalue weighted by Gasteiger charge is -2.29. The van der Waals surface area contributed by atoms with Gasteiger partial charge in [0.2, 0.25) is 0 Å². The van der Waals surface area contributed by atoms with Crippen molar-refractivity contribution >= 4 is 11.8 Å². The standard InChI is InChI=1S/C14H23N3O2/c1-4-6-7-11-8-13-15-9-12(14(18)19-5-2)10(3)17(13)16-11/h8,10,12,15H,4-7,9H2,1-3H3. The van der Waals surface area contributed by atoms with Crippen LogP contribution in [0.2, 0.25) is 0 Å². The highest BCUT2D eigenvalue weighted by molar-refractivity contribution is 5.74. The highest BCUT2D eigenvalue weighted by Crippen LogP contribution is 2.29. The summed E-state index contributed by atoms with van der Waals surface area (Å²) >= 11 is 0. The van der Waals surface area contributed by atoms with E-state index in [2.05, 4.69) is 23.4 Å². The Bertz CT molecular complexity index is 442. The van der Waals surface area contributed by atoms with E-state index in [0.29, 0.717) is 13.2 Å². The second-order valence-electron chi connectivity index (χ2n) is 5.05. The van der Waals surface area contributed by atoms with Gasteiger partial charge in [-0.25, -0.2) is 4.68 Å². The minimum absolute atomic E-state index is 0.0469. The summed E-state index contributed by atoms with van der Waals surface area (Å²) in [5, 5.41) is 7.89. The lowest BCUT2D eigenvalue weighted by molar-refractivity contribution is -0.149. The first kappa shape index (κ1) is 13.9. The predicted octanol–water partition coefficient (Wildman–Crippen LogP) is 2.39. The molecule has 0 aromatic carbocycles. The number of carbonyl (C=O) groups excluding carboxylic acids is 1. The first-order valence-electron chi connectivity index (χ1n) is 7.16. The highest BCUT2D eigenvalue weighted by Gasteiger charge is 2.33. The molecule has 2 rings (SSSR count). The molecule has 0 saturated carbocycles. The number of nitrogens with zero attached hydrogens (tertiary/aromatic N) is 2. The van der Waals surface area contributed by atoms with E-state index in [1.165, 1.54) is 0 Å². The van der Waals surface area contributed by atoms with Gasteiger partial charge < -0.3 is 10.1 Å². The summed E-state index contributed by atoms with van der Waals surface area (Å²) in [6, 6.07) is 2.14. The van der Waals surface area contributed by atoms with Crippen LogP contribution >= 0.6 is 0 Å². The summed E-state index contributed by atoms with van der Waals surface area (Å²) in [7, 11) is 0. The van der Waals surface area contributed by atoms with Gasteiger partial charge >= 0.3 is 5.97 Å². The molecule has 0 fully saturated rings. The Morgan fingerprint density at radius 2 is 2.37 bits per heavy atom. The molecule has 0 saturated heterocycles. The lowest BCUT2D eigenvalue weighted by Crippen LogP contribution is -2.37. The van der Waals surface area contributed by atoms with Crippen molar-refractivity contribution in [2.24, 2.45) is 5.92 Å². The molecule has 1 aromatic heterocycles. The molecule has 0 aliphatic carbocycles. The first-order valence-corrected chi connectivity index (χ1v) is 7.16. The fourth-order valence-electron chi connectivity index (χ4n) is 2.45. The van der Waals surface area contributed by atoms with Crippen LogP contribution < -0.4 is 5.32 Å². The Hall–Kier alpha value is -1.52. The number of aryl methyl sites for hydroxylation is 1. The molecule has 5 nitrogen and oxygen atoms in total. The summed E-state index contributed by atoms with van der Waals surface area (Å²) in [6.07, 6.45) is 3.30. The third-order valence-electron chi connectivity index (χ3n) is 3.63. The van der Waals surface area contributed by atoms with Gasteiger partial charge in [-0.15, -0.1) is 0 Å². The molecule has 1 aliphatic heterocycles. The summed E-state index contributed by atoms with van der Waals surface area (Å²) in [5.41, 5.74) is 1.10. The van der Waals surface area contributed by atoms with Crippen LogP contribution in [0, 0.1) is 5.92 Å². The molecule has 1 aromatic rings. The van der Waals surface area contributed by atoms with Crippen LogP contribution in [0.15, 0.2) is 6.07 Å². The van der Waals surface area contributed by atoms with Gasteiger partial charge in [-0.05, 0) is 26.7 Å². The van der Waals surface area contributed by atoms with E-state index in [0.717, 1.165) is 30.8 Å². The number of nitrogens with one attached hydrogen (secondary N) is 1. The number of aromatic nitrogens is 2. The molecule has 0 radical (unpaired) electrons. The number of carbonyl (C=O) groups is 1. The Labute approximate surface area is 114 Å². The molecule has 2 unspecified atom stereocenters. The Morgan fingerprint density at radius 1 is 1.58 bits per heavy atom. The van der Waals surface area contributed by atoms with Gasteiger partial charge in [0.05, 0.1) is 24.3 Å². The quantitative estimate of drug-likeness (QED) is 0.831. The molecular weight excluding hydrogens is 242 g/mol. The van der Waals surface area contributed by atoms with Gasteiger partial charge in [-0.2, -0.15) is 5.10 Å². The number of unbranched alkanes of at least 4 members (excludes halogenated alkanes) is 1. The van der Waals surface area contributed by atoms with E-state index in [1.54, 1.807) is 0 Å². The number of fused-ring (bicyclic) bond motifs is 1. The fourth-order valence-corrected chi connectivity index (χ4v) is 2.45. The molecule has 0 spiro atoms. The van der Waals surface area contributed by atoms with Crippen molar-refractivity contribution in [2.45, 2.75) is 46.1 Å². The largest absolute Gasteiger partial charge is 0.466 e. The first-order chi connectivity index (χ1) is 9.17. The maximum Gasteiger partial charge on any atom is 0.312 e. The van der Waals surface area contributed by atoms with Crippen molar-refractivity contribution in [3.05, 3.63) is 11.8 Å². The molecule has 1 aliphatic rings. The van der Waals surface area contributed by atoms with Crippen molar-refractivity contribution in [1.29, 1.82) is 0 Å². The highest BCUT2D eigenvalue weighted by atomic mass is 16.5. The molecule has 19 heavy (non-hydrogen) atoms. The molecule has 0 amide bonds. The minimum atomic E-state index is -0.161. The Kier molecular flexibility index (Phi) is 4.45. The lowest BCUT2D eigenvalue weighted by atomic mass is 10.00. The average Bonchev–Trinajstić information content (AvgIpc) is 2.81. The van der Waals surface area contributed by atoms with Gasteiger partial charge in [-0.3, -0.25) is 4.79 Å². The summed E-state index contributed by atoms with van der Waals surface area (Å²) < 4.78 is 7.05. The third kappa shape index (κ3) is 2.91. The average molecular weight is 265 g/mol. The van der Waals surface area contributed by atoms with Crippen molar-refractivity contribution in [3.63, 3.8) is 0 Å². The van der Waals surface area contributed by atoms with Crippen molar-refractivity contribution in [1.82, 2.24) is 9.78 Å². The Morgan fingerprint density at radius 3 is 3.05 bits per heavy atom. The van der Waals surface area contributed by atoms with Gasteiger partial charge in [0.15, 0.2) is 0 Å². The molecule has 0 bridgehead atoms. The topological polar surface area (TPSA) is 56.2 Å². The monoisotopic (exact) mass is 265 g/mol. The number of rotatable bonds is 5. The SMILES string of the molecule is CCCCc1cc2n(n1)C(C)C(C(=O)OCC)CN2. The van der Waals surface area contributed by atoms with Crippen LogP contribution in [0.5, 0.6) is 0 Å². The maximum atomic E-state index is 11.9. The molecule has 106 valence electrons. The van der Waals surface area contributed by atoms with Crippen LogP contribution in [0.3, 0.4) is 0 Å².